The van der Waals surface area contributed by atoms with E-state index in [4.69, 9.17) is 9.47 Å². The predicted molar refractivity (Wildman–Crippen MR) is 95.5 cm³/mol. The first-order valence-corrected chi connectivity index (χ1v) is 10.2. The van der Waals surface area contributed by atoms with Gasteiger partial charge in [0.1, 0.15) is 0 Å². The van der Waals surface area contributed by atoms with Crippen LogP contribution in [-0.2, 0) is 22.6 Å². The second kappa shape index (κ2) is 6.80. The molecule has 1 spiro atoms. The van der Waals surface area contributed by atoms with E-state index >= 15 is 0 Å². The van der Waals surface area contributed by atoms with Crippen LogP contribution >= 0.6 is 22.7 Å². The lowest BCUT2D eigenvalue weighted by atomic mass is 9.84. The van der Waals surface area contributed by atoms with Crippen LogP contribution in [0.5, 0.6) is 0 Å². The zero-order valence-corrected chi connectivity index (χ0v) is 15.8. The van der Waals surface area contributed by atoms with Gasteiger partial charge in [-0.05, 0) is 20.3 Å². The largest absolute Gasteiger partial charge is 0.372 e. The van der Waals surface area contributed by atoms with E-state index in [-0.39, 0.29) is 11.7 Å². The molecule has 4 heterocycles. The molecule has 0 aliphatic carbocycles. The van der Waals surface area contributed by atoms with Crippen LogP contribution in [-0.4, -0.2) is 46.3 Å². The highest BCUT2D eigenvalue weighted by atomic mass is 32.1. The Hall–Kier alpha value is -0.860. The SMILES string of the molecule is Cc1nc(COC2CCOC3(C2)CN(Cc2scnc2C)C3)cs1. The fourth-order valence-corrected chi connectivity index (χ4v) is 5.00. The molecule has 5 nitrogen and oxygen atoms in total. The first kappa shape index (κ1) is 16.6. The molecule has 1 atom stereocenters. The molecule has 2 aliphatic heterocycles. The van der Waals surface area contributed by atoms with Crippen molar-refractivity contribution in [3.8, 4) is 0 Å². The van der Waals surface area contributed by atoms with E-state index in [1.165, 1.54) is 4.88 Å². The van der Waals surface area contributed by atoms with E-state index in [0.717, 1.165) is 55.5 Å². The smallest absolute Gasteiger partial charge is 0.0959 e. The summed E-state index contributed by atoms with van der Waals surface area (Å²) in [5.41, 5.74) is 4.14. The summed E-state index contributed by atoms with van der Waals surface area (Å²) in [7, 11) is 0. The third kappa shape index (κ3) is 3.55. The summed E-state index contributed by atoms with van der Waals surface area (Å²) in [6.45, 7) is 8.53. The number of likely N-dealkylation sites (tertiary alicyclic amines) is 1. The summed E-state index contributed by atoms with van der Waals surface area (Å²) in [6, 6.07) is 0. The highest BCUT2D eigenvalue weighted by molar-refractivity contribution is 7.09. The van der Waals surface area contributed by atoms with Crippen molar-refractivity contribution in [2.24, 2.45) is 0 Å². The maximum Gasteiger partial charge on any atom is 0.0959 e. The van der Waals surface area contributed by atoms with Gasteiger partial charge in [-0.15, -0.1) is 22.7 Å². The maximum atomic E-state index is 6.12. The Balaban J connectivity index is 1.27. The molecule has 0 radical (unpaired) electrons. The summed E-state index contributed by atoms with van der Waals surface area (Å²) >= 11 is 3.43. The molecule has 130 valence electrons. The molecule has 1 unspecified atom stereocenters. The maximum absolute atomic E-state index is 6.12. The molecule has 0 aromatic carbocycles. The first-order chi connectivity index (χ1) is 11.6. The quantitative estimate of drug-likeness (QED) is 0.814. The molecule has 2 saturated heterocycles. The average Bonchev–Trinajstić information content (AvgIpc) is 3.13. The van der Waals surface area contributed by atoms with Crippen molar-refractivity contribution < 1.29 is 9.47 Å². The lowest BCUT2D eigenvalue weighted by Crippen LogP contribution is -2.65. The van der Waals surface area contributed by atoms with Crippen molar-refractivity contribution in [1.29, 1.82) is 0 Å². The minimum atomic E-state index is -0.000495. The number of aromatic nitrogens is 2. The molecule has 2 aromatic rings. The van der Waals surface area contributed by atoms with Crippen molar-refractivity contribution in [1.82, 2.24) is 14.9 Å². The van der Waals surface area contributed by atoms with Gasteiger partial charge in [0.2, 0.25) is 0 Å². The number of ether oxygens (including phenoxy) is 2. The third-order valence-electron chi connectivity index (χ3n) is 4.82. The van der Waals surface area contributed by atoms with E-state index in [9.17, 15) is 0 Å². The molecule has 0 amide bonds. The Morgan fingerprint density at radius 2 is 2.25 bits per heavy atom. The fraction of sp³-hybridized carbons (Fsp3) is 0.647. The van der Waals surface area contributed by atoms with E-state index < -0.39 is 0 Å². The van der Waals surface area contributed by atoms with Crippen LogP contribution in [0.15, 0.2) is 10.9 Å². The Labute approximate surface area is 150 Å². The van der Waals surface area contributed by atoms with Gasteiger partial charge in [-0.1, -0.05) is 0 Å². The Morgan fingerprint density at radius 1 is 1.38 bits per heavy atom. The standard InChI is InChI=1S/C17H23N3O2S2/c1-12-16(24-11-18-12)6-20-9-17(10-20)5-15(3-4-22-17)21-7-14-8-23-13(2)19-14/h8,11,15H,3-7,9-10H2,1-2H3. The van der Waals surface area contributed by atoms with Crippen molar-refractivity contribution in [2.75, 3.05) is 19.7 Å². The molecule has 0 bridgehead atoms. The molecule has 24 heavy (non-hydrogen) atoms. The van der Waals surface area contributed by atoms with Gasteiger partial charge in [0.05, 0.1) is 40.2 Å². The van der Waals surface area contributed by atoms with Crippen molar-refractivity contribution in [2.45, 2.75) is 51.5 Å². The number of aryl methyl sites for hydroxylation is 2. The van der Waals surface area contributed by atoms with Gasteiger partial charge in [-0.2, -0.15) is 0 Å². The molecule has 0 N–H and O–H groups in total. The lowest BCUT2D eigenvalue weighted by molar-refractivity contribution is -0.200. The van der Waals surface area contributed by atoms with Gasteiger partial charge in [0.25, 0.3) is 0 Å². The second-order valence-electron chi connectivity index (χ2n) is 6.82. The molecule has 4 rings (SSSR count). The molecule has 2 aliphatic rings. The molecular formula is C17H23N3O2S2. The number of nitrogens with zero attached hydrogens (tertiary/aromatic N) is 3. The third-order valence-corrected chi connectivity index (χ3v) is 6.56. The van der Waals surface area contributed by atoms with Gasteiger partial charge >= 0.3 is 0 Å². The summed E-state index contributed by atoms with van der Waals surface area (Å²) < 4.78 is 12.2. The molecule has 2 fully saturated rings. The van der Waals surface area contributed by atoms with Crippen LogP contribution in [0.2, 0.25) is 0 Å². The first-order valence-electron chi connectivity index (χ1n) is 8.40. The Bertz CT molecular complexity index is 694. The minimum absolute atomic E-state index is 0.000495. The Morgan fingerprint density at radius 3 is 2.96 bits per heavy atom. The Kier molecular flexibility index (Phi) is 4.70. The summed E-state index contributed by atoms with van der Waals surface area (Å²) in [6.07, 6.45) is 2.26. The molecular weight excluding hydrogens is 342 g/mol. The normalized spacial score (nSPS) is 23.5. The van der Waals surface area contributed by atoms with Gasteiger partial charge in [0.15, 0.2) is 0 Å². The number of hydrogen-bond acceptors (Lipinski definition) is 7. The van der Waals surface area contributed by atoms with E-state index in [0.29, 0.717) is 6.61 Å². The van der Waals surface area contributed by atoms with Crippen molar-refractivity contribution >= 4 is 22.7 Å². The predicted octanol–water partition coefficient (Wildman–Crippen LogP) is 3.17. The van der Waals surface area contributed by atoms with Gasteiger partial charge in [0, 0.05) is 42.9 Å². The highest BCUT2D eigenvalue weighted by Crippen LogP contribution is 2.36. The van der Waals surface area contributed by atoms with Crippen LogP contribution in [0.3, 0.4) is 0 Å². The van der Waals surface area contributed by atoms with Gasteiger partial charge < -0.3 is 9.47 Å². The molecule has 0 saturated carbocycles. The van der Waals surface area contributed by atoms with Crippen LogP contribution in [0.1, 0.15) is 34.1 Å². The molecule has 2 aromatic heterocycles. The topological polar surface area (TPSA) is 47.5 Å². The monoisotopic (exact) mass is 365 g/mol. The van der Waals surface area contributed by atoms with Crippen LogP contribution < -0.4 is 0 Å². The van der Waals surface area contributed by atoms with Gasteiger partial charge in [-0.3, -0.25) is 4.90 Å². The van der Waals surface area contributed by atoms with Crippen LogP contribution in [0.4, 0.5) is 0 Å². The summed E-state index contributed by atoms with van der Waals surface area (Å²) in [4.78, 5) is 12.6. The zero-order valence-electron chi connectivity index (χ0n) is 14.2. The average molecular weight is 366 g/mol. The lowest BCUT2D eigenvalue weighted by Gasteiger charge is -2.53. The van der Waals surface area contributed by atoms with Crippen LogP contribution in [0, 0.1) is 13.8 Å². The van der Waals surface area contributed by atoms with Crippen LogP contribution in [0.25, 0.3) is 0 Å². The summed E-state index contributed by atoms with van der Waals surface area (Å²) in [5.74, 6) is 0. The zero-order chi connectivity index (χ0) is 16.6. The van der Waals surface area contributed by atoms with Crippen molar-refractivity contribution in [3.05, 3.63) is 32.2 Å². The molecule has 7 heteroatoms. The summed E-state index contributed by atoms with van der Waals surface area (Å²) in [5, 5.41) is 3.19. The van der Waals surface area contributed by atoms with E-state index in [2.05, 4.69) is 27.2 Å². The minimum Gasteiger partial charge on any atom is -0.372 e. The highest BCUT2D eigenvalue weighted by Gasteiger charge is 2.47. The van der Waals surface area contributed by atoms with E-state index in [1.807, 2.05) is 12.4 Å². The number of thiazole rings is 2. The second-order valence-corrected chi connectivity index (χ2v) is 8.82. The fourth-order valence-electron chi connectivity index (χ4n) is 3.58. The van der Waals surface area contributed by atoms with Crippen molar-refractivity contribution in [3.63, 3.8) is 0 Å². The number of rotatable bonds is 5. The number of hydrogen-bond donors (Lipinski definition) is 0. The van der Waals surface area contributed by atoms with E-state index in [1.54, 1.807) is 22.7 Å². The van der Waals surface area contributed by atoms with Gasteiger partial charge in [-0.25, -0.2) is 9.97 Å².